The van der Waals surface area contributed by atoms with E-state index in [1.165, 1.54) is 25.1 Å². The van der Waals surface area contributed by atoms with Crippen molar-refractivity contribution in [1.29, 1.82) is 0 Å². The normalized spacial score (nSPS) is 11.4. The molecule has 0 aliphatic heterocycles. The zero-order valence-electron chi connectivity index (χ0n) is 17.8. The number of hydrogen-bond acceptors (Lipinski definition) is 7. The molecule has 1 unspecified atom stereocenters. The van der Waals surface area contributed by atoms with E-state index in [1.807, 2.05) is 30.3 Å². The molecule has 1 amide bonds. The number of benzene rings is 2. The van der Waals surface area contributed by atoms with Crippen molar-refractivity contribution in [2.75, 3.05) is 0 Å². The molecule has 0 saturated carbocycles. The topological polar surface area (TPSA) is 108 Å². The molecule has 0 radical (unpaired) electrons. The molecule has 0 aliphatic rings. The number of para-hydroxylation sites is 1. The van der Waals surface area contributed by atoms with Crippen molar-refractivity contribution in [3.8, 4) is 11.5 Å². The minimum absolute atomic E-state index is 0.0598. The lowest BCUT2D eigenvalue weighted by Crippen LogP contribution is -2.45. The Hall–Kier alpha value is -3.68. The van der Waals surface area contributed by atoms with Crippen molar-refractivity contribution in [3.63, 3.8) is 0 Å². The van der Waals surface area contributed by atoms with Gasteiger partial charge in [-0.1, -0.05) is 50.2 Å². The first kappa shape index (κ1) is 23.6. The van der Waals surface area contributed by atoms with Gasteiger partial charge in [-0.25, -0.2) is 4.79 Å². The summed E-state index contributed by atoms with van der Waals surface area (Å²) in [5.41, 5.74) is 0.756. The summed E-state index contributed by atoms with van der Waals surface area (Å²) in [5, 5.41) is 2.62. The van der Waals surface area contributed by atoms with Crippen molar-refractivity contribution in [2.45, 2.75) is 40.3 Å². The fourth-order valence-corrected chi connectivity index (χ4v) is 2.71. The van der Waals surface area contributed by atoms with Gasteiger partial charge in [0.15, 0.2) is 11.5 Å². The number of carbonyl (C=O) groups excluding carboxylic acids is 4. The summed E-state index contributed by atoms with van der Waals surface area (Å²) >= 11 is 0. The van der Waals surface area contributed by atoms with Gasteiger partial charge in [-0.15, -0.1) is 0 Å². The Balaban J connectivity index is 2.22. The molecule has 2 aromatic carbocycles. The minimum atomic E-state index is -0.946. The maximum atomic E-state index is 12.9. The van der Waals surface area contributed by atoms with Gasteiger partial charge >= 0.3 is 17.9 Å². The first-order valence-electron chi connectivity index (χ1n) is 9.70. The lowest BCUT2D eigenvalue weighted by Gasteiger charge is -2.22. The zero-order valence-corrected chi connectivity index (χ0v) is 17.8. The molecule has 8 nitrogen and oxygen atoms in total. The molecule has 0 spiro atoms. The largest absolute Gasteiger partial charge is 0.459 e. The highest BCUT2D eigenvalue weighted by Gasteiger charge is 2.28. The van der Waals surface area contributed by atoms with E-state index in [0.717, 1.165) is 12.5 Å². The van der Waals surface area contributed by atoms with Crippen LogP contribution < -0.4 is 14.8 Å². The van der Waals surface area contributed by atoms with Crippen LogP contribution in [0.3, 0.4) is 0 Å². The molecule has 2 rings (SSSR count). The van der Waals surface area contributed by atoms with Gasteiger partial charge in [-0.2, -0.15) is 0 Å². The van der Waals surface area contributed by atoms with E-state index in [0.29, 0.717) is 0 Å². The molecule has 164 valence electrons. The Kier molecular flexibility index (Phi) is 8.31. The van der Waals surface area contributed by atoms with Crippen molar-refractivity contribution < 1.29 is 33.4 Å². The highest BCUT2D eigenvalue weighted by molar-refractivity contribution is 6.00. The molecule has 1 atom stereocenters. The molecule has 0 aromatic heterocycles. The first-order valence-corrected chi connectivity index (χ1v) is 9.70. The summed E-state index contributed by atoms with van der Waals surface area (Å²) in [4.78, 5) is 48.4. The third-order valence-corrected chi connectivity index (χ3v) is 4.15. The Morgan fingerprint density at radius 1 is 0.871 bits per heavy atom. The highest BCUT2D eigenvalue weighted by atomic mass is 16.6. The zero-order chi connectivity index (χ0) is 23.0. The summed E-state index contributed by atoms with van der Waals surface area (Å²) in [6, 6.07) is 12.5. The van der Waals surface area contributed by atoms with Crippen molar-refractivity contribution in [1.82, 2.24) is 5.32 Å². The molecule has 1 N–H and O–H groups in total. The van der Waals surface area contributed by atoms with Gasteiger partial charge in [-0.3, -0.25) is 14.4 Å². The van der Waals surface area contributed by atoms with Crippen LogP contribution in [-0.2, 0) is 25.7 Å². The number of carbonyl (C=O) groups is 4. The molecule has 2 aromatic rings. The number of hydrogen-bond donors (Lipinski definition) is 1. The quantitative estimate of drug-likeness (QED) is 0.509. The second kappa shape index (κ2) is 10.9. The number of ether oxygens (including phenoxy) is 3. The lowest BCUT2D eigenvalue weighted by atomic mass is 10.0. The minimum Gasteiger partial charge on any atom is -0.459 e. The maximum Gasteiger partial charge on any atom is 0.329 e. The number of esters is 3. The standard InChI is InChI=1S/C23H25NO7/c1-14(2)20(23(28)29-13-17-9-6-5-7-10-17)24-22(27)18-11-8-12-19(30-15(3)25)21(18)31-16(4)26/h5-12,14,20H,13H2,1-4H3,(H,24,27). The summed E-state index contributed by atoms with van der Waals surface area (Å²) in [6.45, 7) is 5.93. The van der Waals surface area contributed by atoms with Crippen LogP contribution in [0.1, 0.15) is 43.6 Å². The van der Waals surface area contributed by atoms with E-state index in [-0.39, 0.29) is 29.6 Å². The van der Waals surface area contributed by atoms with Crippen LogP contribution in [0.15, 0.2) is 48.5 Å². The maximum absolute atomic E-state index is 12.9. The van der Waals surface area contributed by atoms with Crippen LogP contribution >= 0.6 is 0 Å². The van der Waals surface area contributed by atoms with Crippen LogP contribution in [0, 0.1) is 5.92 Å². The van der Waals surface area contributed by atoms with E-state index in [1.54, 1.807) is 13.8 Å². The molecule has 0 fully saturated rings. The van der Waals surface area contributed by atoms with E-state index in [4.69, 9.17) is 14.2 Å². The van der Waals surface area contributed by atoms with E-state index in [2.05, 4.69) is 5.32 Å². The fourth-order valence-electron chi connectivity index (χ4n) is 2.71. The molecule has 0 saturated heterocycles. The van der Waals surface area contributed by atoms with Crippen LogP contribution in [0.2, 0.25) is 0 Å². The Labute approximate surface area is 180 Å². The van der Waals surface area contributed by atoms with E-state index in [9.17, 15) is 19.2 Å². The van der Waals surface area contributed by atoms with Crippen LogP contribution in [0.5, 0.6) is 11.5 Å². The predicted molar refractivity (Wildman–Crippen MR) is 111 cm³/mol. The smallest absolute Gasteiger partial charge is 0.329 e. The second-order valence-electron chi connectivity index (χ2n) is 7.11. The van der Waals surface area contributed by atoms with Gasteiger partial charge in [0, 0.05) is 13.8 Å². The first-order chi connectivity index (χ1) is 14.7. The SMILES string of the molecule is CC(=O)Oc1cccc(C(=O)NC(C(=O)OCc2ccccc2)C(C)C)c1OC(C)=O. The average Bonchev–Trinajstić information content (AvgIpc) is 2.71. The summed E-state index contributed by atoms with van der Waals surface area (Å²) in [7, 11) is 0. The van der Waals surface area contributed by atoms with E-state index < -0.39 is 29.9 Å². The van der Waals surface area contributed by atoms with Crippen LogP contribution in [0.25, 0.3) is 0 Å². The van der Waals surface area contributed by atoms with Gasteiger partial charge < -0.3 is 19.5 Å². The Morgan fingerprint density at radius 3 is 2.10 bits per heavy atom. The van der Waals surface area contributed by atoms with Crippen LogP contribution in [-0.4, -0.2) is 29.9 Å². The monoisotopic (exact) mass is 427 g/mol. The van der Waals surface area contributed by atoms with Crippen molar-refractivity contribution in [2.24, 2.45) is 5.92 Å². The van der Waals surface area contributed by atoms with Crippen molar-refractivity contribution >= 4 is 23.8 Å². The third-order valence-electron chi connectivity index (χ3n) is 4.15. The second-order valence-corrected chi connectivity index (χ2v) is 7.11. The van der Waals surface area contributed by atoms with Crippen LogP contribution in [0.4, 0.5) is 0 Å². The van der Waals surface area contributed by atoms with Gasteiger partial charge in [0.1, 0.15) is 12.6 Å². The third kappa shape index (κ3) is 6.95. The number of amides is 1. The average molecular weight is 427 g/mol. The Bertz CT molecular complexity index is 954. The molecule has 31 heavy (non-hydrogen) atoms. The lowest BCUT2D eigenvalue weighted by molar-refractivity contribution is -0.148. The summed E-state index contributed by atoms with van der Waals surface area (Å²) < 4.78 is 15.5. The van der Waals surface area contributed by atoms with Gasteiger partial charge in [0.25, 0.3) is 5.91 Å². The van der Waals surface area contributed by atoms with Gasteiger partial charge in [-0.05, 0) is 23.6 Å². The Morgan fingerprint density at radius 2 is 1.52 bits per heavy atom. The van der Waals surface area contributed by atoms with E-state index >= 15 is 0 Å². The molecule has 0 bridgehead atoms. The molecule has 0 heterocycles. The van der Waals surface area contributed by atoms with Crippen molar-refractivity contribution in [3.05, 3.63) is 59.7 Å². The highest BCUT2D eigenvalue weighted by Crippen LogP contribution is 2.32. The summed E-state index contributed by atoms with van der Waals surface area (Å²) in [6.07, 6.45) is 0. The fraction of sp³-hybridized carbons (Fsp3) is 0.304. The number of nitrogens with one attached hydrogen (secondary N) is 1. The molecular formula is C23H25NO7. The molecule has 8 heteroatoms. The van der Waals surface area contributed by atoms with Gasteiger partial charge in [0.05, 0.1) is 5.56 Å². The number of rotatable bonds is 8. The molecule has 0 aliphatic carbocycles. The predicted octanol–water partition coefficient (Wildman–Crippen LogP) is 3.04. The van der Waals surface area contributed by atoms with Gasteiger partial charge in [0.2, 0.25) is 0 Å². The summed E-state index contributed by atoms with van der Waals surface area (Å²) in [5.74, 6) is -3.18. The molecular weight excluding hydrogens is 402 g/mol.